The Morgan fingerprint density at radius 3 is 2.06 bits per heavy atom. The molecule has 7 heteroatoms. The summed E-state index contributed by atoms with van der Waals surface area (Å²) in [4.78, 5) is 49.3. The molecule has 0 saturated heterocycles. The number of rotatable bonds is 7. The van der Waals surface area contributed by atoms with Crippen LogP contribution in [0.25, 0.3) is 0 Å². The highest BCUT2D eigenvalue weighted by Crippen LogP contribution is 2.53. The van der Waals surface area contributed by atoms with Crippen LogP contribution in [-0.2, 0) is 19.1 Å². The first kappa shape index (κ1) is 21.7. The average molecular weight is 434 g/mol. The second-order valence-corrected chi connectivity index (χ2v) is 8.53. The zero-order valence-electron chi connectivity index (χ0n) is 17.9. The normalized spacial score (nSPS) is 23.4. The molecule has 2 amide bonds. The lowest BCUT2D eigenvalue weighted by molar-refractivity contribution is -0.154. The molecular weight excluding hydrogens is 408 g/mol. The topological polar surface area (TPSA) is 102 Å². The Morgan fingerprint density at radius 1 is 0.844 bits per heavy atom. The molecule has 4 atom stereocenters. The molecule has 2 aliphatic carbocycles. The van der Waals surface area contributed by atoms with Gasteiger partial charge in [-0.1, -0.05) is 30.3 Å². The molecule has 0 aromatic heterocycles. The van der Waals surface area contributed by atoms with E-state index in [9.17, 15) is 19.2 Å². The summed E-state index contributed by atoms with van der Waals surface area (Å²) in [6.45, 7) is 1.00. The van der Waals surface area contributed by atoms with Crippen molar-refractivity contribution in [2.45, 2.75) is 26.2 Å². The van der Waals surface area contributed by atoms with E-state index in [1.54, 1.807) is 36.4 Å². The van der Waals surface area contributed by atoms with Crippen LogP contribution in [0.2, 0.25) is 0 Å². The van der Waals surface area contributed by atoms with E-state index in [4.69, 9.17) is 4.74 Å². The lowest BCUT2D eigenvalue weighted by atomic mass is 9.75. The highest BCUT2D eigenvalue weighted by atomic mass is 16.5. The van der Waals surface area contributed by atoms with Crippen LogP contribution in [0.5, 0.6) is 0 Å². The van der Waals surface area contributed by atoms with Gasteiger partial charge in [0.25, 0.3) is 5.91 Å². The minimum Gasteiger partial charge on any atom is -0.455 e. The smallest absolute Gasteiger partial charge is 0.310 e. The third kappa shape index (κ3) is 4.72. The van der Waals surface area contributed by atoms with Crippen LogP contribution in [0.15, 0.2) is 54.6 Å². The molecule has 2 saturated carbocycles. The van der Waals surface area contributed by atoms with Gasteiger partial charge in [0.2, 0.25) is 5.91 Å². The van der Waals surface area contributed by atoms with Crippen molar-refractivity contribution in [3.63, 3.8) is 0 Å². The minimum atomic E-state index is -0.494. The van der Waals surface area contributed by atoms with Crippen LogP contribution in [0.1, 0.15) is 36.5 Å². The third-order valence-electron chi connectivity index (χ3n) is 6.38. The minimum absolute atomic E-state index is 0.0107. The fourth-order valence-corrected chi connectivity index (χ4v) is 5.07. The number of hydrogen-bond acceptors (Lipinski definition) is 5. The van der Waals surface area contributed by atoms with Crippen molar-refractivity contribution in [1.82, 2.24) is 0 Å². The molecule has 2 aromatic carbocycles. The van der Waals surface area contributed by atoms with Gasteiger partial charge < -0.3 is 15.4 Å². The predicted octanol–water partition coefficient (Wildman–Crippen LogP) is 3.67. The van der Waals surface area contributed by atoms with E-state index in [1.165, 1.54) is 6.92 Å². The lowest BCUT2D eigenvalue weighted by Crippen LogP contribution is -2.37. The first-order valence-electron chi connectivity index (χ1n) is 10.9. The summed E-state index contributed by atoms with van der Waals surface area (Å²) in [5.74, 6) is -1.67. The number of anilines is 2. The van der Waals surface area contributed by atoms with Crippen LogP contribution in [0, 0.1) is 23.7 Å². The van der Waals surface area contributed by atoms with Gasteiger partial charge in [0.1, 0.15) is 0 Å². The molecule has 4 rings (SSSR count). The van der Waals surface area contributed by atoms with Crippen LogP contribution >= 0.6 is 0 Å². The summed E-state index contributed by atoms with van der Waals surface area (Å²) in [5.41, 5.74) is 1.76. The Hall–Kier alpha value is -3.48. The van der Waals surface area contributed by atoms with Crippen LogP contribution < -0.4 is 10.6 Å². The van der Waals surface area contributed by atoms with Gasteiger partial charge in [-0.2, -0.15) is 0 Å². The summed E-state index contributed by atoms with van der Waals surface area (Å²) in [6, 6.07) is 15.7. The van der Waals surface area contributed by atoms with Gasteiger partial charge in [0, 0.05) is 29.8 Å². The van der Waals surface area contributed by atoms with E-state index < -0.39 is 24.4 Å². The molecule has 32 heavy (non-hydrogen) atoms. The quantitative estimate of drug-likeness (QED) is 0.511. The molecule has 0 spiro atoms. The number of carbonyl (C=O) groups is 4. The summed E-state index contributed by atoms with van der Waals surface area (Å²) < 4.78 is 5.35. The molecule has 0 radical (unpaired) electrons. The Balaban J connectivity index is 1.35. The Bertz CT molecular complexity index is 1020. The van der Waals surface area contributed by atoms with Gasteiger partial charge in [-0.15, -0.1) is 0 Å². The zero-order valence-corrected chi connectivity index (χ0v) is 17.9. The van der Waals surface area contributed by atoms with E-state index in [-0.39, 0.29) is 29.4 Å². The second kappa shape index (κ2) is 9.34. The zero-order chi connectivity index (χ0) is 22.7. The van der Waals surface area contributed by atoms with Crippen molar-refractivity contribution in [2.75, 3.05) is 17.2 Å². The summed E-state index contributed by atoms with van der Waals surface area (Å²) in [5, 5.41) is 5.31. The van der Waals surface area contributed by atoms with Crippen molar-refractivity contribution < 1.29 is 23.9 Å². The number of Topliss-reactive ketones (excluding diaryl/α,β-unsaturated/α-hetero) is 1. The van der Waals surface area contributed by atoms with Crippen LogP contribution in [0.3, 0.4) is 0 Å². The molecule has 2 N–H and O–H groups in total. The number of ether oxygens (including phenoxy) is 1. The van der Waals surface area contributed by atoms with E-state index >= 15 is 0 Å². The number of fused-ring (bicyclic) bond motifs is 2. The van der Waals surface area contributed by atoms with Gasteiger partial charge in [-0.25, -0.2) is 0 Å². The van der Waals surface area contributed by atoms with E-state index in [2.05, 4.69) is 10.6 Å². The highest BCUT2D eigenvalue weighted by molar-refractivity contribution is 6.01. The van der Waals surface area contributed by atoms with E-state index in [0.29, 0.717) is 16.9 Å². The van der Waals surface area contributed by atoms with Gasteiger partial charge in [-0.3, -0.25) is 19.2 Å². The van der Waals surface area contributed by atoms with Gasteiger partial charge in [-0.05, 0) is 55.4 Å². The molecular formula is C25H26N2O5. The largest absolute Gasteiger partial charge is 0.455 e. The maximum Gasteiger partial charge on any atom is 0.310 e. The predicted molar refractivity (Wildman–Crippen MR) is 119 cm³/mol. The highest BCUT2D eigenvalue weighted by Gasteiger charge is 2.54. The number of esters is 1. The van der Waals surface area contributed by atoms with E-state index in [1.807, 2.05) is 18.2 Å². The molecule has 2 aliphatic rings. The first-order chi connectivity index (χ1) is 15.4. The summed E-state index contributed by atoms with van der Waals surface area (Å²) in [7, 11) is 0. The summed E-state index contributed by atoms with van der Waals surface area (Å²) in [6.07, 6.45) is 2.72. The molecule has 7 nitrogen and oxygen atoms in total. The number of carbonyl (C=O) groups excluding carboxylic acids is 4. The Morgan fingerprint density at radius 2 is 1.44 bits per heavy atom. The Kier molecular flexibility index (Phi) is 6.35. The number of hydrogen-bond donors (Lipinski definition) is 2. The van der Waals surface area contributed by atoms with Crippen molar-refractivity contribution >= 4 is 34.9 Å². The number of amides is 2. The molecule has 0 unspecified atom stereocenters. The molecule has 2 fully saturated rings. The fourth-order valence-electron chi connectivity index (χ4n) is 5.07. The molecule has 0 aliphatic heterocycles. The number of nitrogens with one attached hydrogen (secondary N) is 2. The monoisotopic (exact) mass is 434 g/mol. The van der Waals surface area contributed by atoms with E-state index in [0.717, 1.165) is 19.3 Å². The van der Waals surface area contributed by atoms with Gasteiger partial charge in [0.05, 0.1) is 5.92 Å². The standard InChI is InChI=1S/C25H26N2O5/c1-15(28)26-19-9-11-20(12-10-19)27-21(29)14-32-25(31)23-18-8-7-17(13-18)22(23)24(30)16-5-3-2-4-6-16/h2-6,9-12,17-18,22-23H,7-8,13-14H2,1H3,(H,26,28)(H,27,29)/t17-,18-,22+,23+/m0/s1. The SMILES string of the molecule is CC(=O)Nc1ccc(NC(=O)COC(=O)[C@@H]2[C@H]3CC[C@@H](C3)[C@H]2C(=O)c2ccccc2)cc1. The Labute approximate surface area is 186 Å². The molecule has 0 heterocycles. The number of benzene rings is 2. The van der Waals surface area contributed by atoms with Crippen molar-refractivity contribution in [3.05, 3.63) is 60.2 Å². The van der Waals surface area contributed by atoms with Crippen molar-refractivity contribution in [1.29, 1.82) is 0 Å². The summed E-state index contributed by atoms with van der Waals surface area (Å²) >= 11 is 0. The fraction of sp³-hybridized carbons (Fsp3) is 0.360. The molecule has 2 aromatic rings. The molecule has 166 valence electrons. The average Bonchev–Trinajstić information content (AvgIpc) is 3.40. The first-order valence-corrected chi connectivity index (χ1v) is 10.9. The number of ketones is 1. The van der Waals surface area contributed by atoms with Gasteiger partial charge in [0.15, 0.2) is 12.4 Å². The van der Waals surface area contributed by atoms with Gasteiger partial charge >= 0.3 is 5.97 Å². The van der Waals surface area contributed by atoms with Crippen LogP contribution in [-0.4, -0.2) is 30.2 Å². The van der Waals surface area contributed by atoms with Crippen LogP contribution in [0.4, 0.5) is 11.4 Å². The van der Waals surface area contributed by atoms with Crippen molar-refractivity contribution in [3.8, 4) is 0 Å². The second-order valence-electron chi connectivity index (χ2n) is 8.53. The van der Waals surface area contributed by atoms with Crippen molar-refractivity contribution in [2.24, 2.45) is 23.7 Å². The lowest BCUT2D eigenvalue weighted by Gasteiger charge is -2.28. The maximum atomic E-state index is 13.1. The maximum absolute atomic E-state index is 13.1. The third-order valence-corrected chi connectivity index (χ3v) is 6.38. The molecule has 2 bridgehead atoms.